The van der Waals surface area contributed by atoms with Crippen LogP contribution in [-0.4, -0.2) is 29.6 Å². The number of carbonyl (C=O) groups is 2. The summed E-state index contributed by atoms with van der Waals surface area (Å²) in [7, 11) is 0. The standard InChI is InChI=1S/C15H20N2O3/c1-10-12(7-8-16-10)15(20)17-13(9-14(18)19)11-5-3-2-4-6-11/h2-6,10,12-13,16H,7-9H2,1H3,(H,17,20)(H,18,19). The summed E-state index contributed by atoms with van der Waals surface area (Å²) in [6.45, 7) is 2.81. The van der Waals surface area contributed by atoms with Crippen molar-refractivity contribution < 1.29 is 14.7 Å². The van der Waals surface area contributed by atoms with Crippen LogP contribution in [0.3, 0.4) is 0 Å². The maximum atomic E-state index is 12.3. The Morgan fingerprint density at radius 2 is 2.10 bits per heavy atom. The molecule has 1 aromatic rings. The average molecular weight is 276 g/mol. The average Bonchev–Trinajstić information content (AvgIpc) is 2.85. The fraction of sp³-hybridized carbons (Fsp3) is 0.467. The molecule has 1 aliphatic rings. The first-order valence-electron chi connectivity index (χ1n) is 6.88. The second-order valence-electron chi connectivity index (χ2n) is 5.21. The van der Waals surface area contributed by atoms with Gasteiger partial charge in [-0.1, -0.05) is 30.3 Å². The predicted molar refractivity (Wildman–Crippen MR) is 75.2 cm³/mol. The van der Waals surface area contributed by atoms with Crippen molar-refractivity contribution in [2.24, 2.45) is 5.92 Å². The fourth-order valence-electron chi connectivity index (χ4n) is 2.61. The Hall–Kier alpha value is -1.88. The summed E-state index contributed by atoms with van der Waals surface area (Å²) in [4.78, 5) is 23.3. The van der Waals surface area contributed by atoms with Crippen LogP contribution < -0.4 is 10.6 Å². The van der Waals surface area contributed by atoms with E-state index in [9.17, 15) is 9.59 Å². The molecule has 5 nitrogen and oxygen atoms in total. The van der Waals surface area contributed by atoms with Crippen LogP contribution in [0.2, 0.25) is 0 Å². The lowest BCUT2D eigenvalue weighted by atomic mass is 9.98. The highest BCUT2D eigenvalue weighted by molar-refractivity contribution is 5.81. The SMILES string of the molecule is CC1NCCC1C(=O)NC(CC(=O)O)c1ccccc1. The van der Waals surface area contributed by atoms with Crippen molar-refractivity contribution in [3.63, 3.8) is 0 Å². The summed E-state index contributed by atoms with van der Waals surface area (Å²) in [5, 5.41) is 15.1. The number of rotatable bonds is 5. The molecule has 108 valence electrons. The number of carboxylic acids is 1. The normalized spacial score (nSPS) is 23.2. The van der Waals surface area contributed by atoms with Crippen molar-refractivity contribution in [1.29, 1.82) is 0 Å². The van der Waals surface area contributed by atoms with Gasteiger partial charge in [0, 0.05) is 6.04 Å². The molecule has 0 spiro atoms. The minimum atomic E-state index is -0.920. The van der Waals surface area contributed by atoms with Gasteiger partial charge in [0.1, 0.15) is 0 Å². The van der Waals surface area contributed by atoms with Gasteiger partial charge in [0.15, 0.2) is 0 Å². The third-order valence-electron chi connectivity index (χ3n) is 3.76. The molecule has 0 bridgehead atoms. The first kappa shape index (κ1) is 14.5. The van der Waals surface area contributed by atoms with Gasteiger partial charge in [0.25, 0.3) is 0 Å². The molecule has 3 atom stereocenters. The van der Waals surface area contributed by atoms with Crippen LogP contribution in [0, 0.1) is 5.92 Å². The van der Waals surface area contributed by atoms with E-state index in [1.54, 1.807) is 0 Å². The molecule has 3 N–H and O–H groups in total. The lowest BCUT2D eigenvalue weighted by Crippen LogP contribution is -2.39. The largest absolute Gasteiger partial charge is 0.481 e. The minimum Gasteiger partial charge on any atom is -0.481 e. The van der Waals surface area contributed by atoms with Crippen molar-refractivity contribution in [2.45, 2.75) is 31.8 Å². The van der Waals surface area contributed by atoms with Gasteiger partial charge >= 0.3 is 5.97 Å². The summed E-state index contributed by atoms with van der Waals surface area (Å²) in [6.07, 6.45) is 0.686. The van der Waals surface area contributed by atoms with E-state index in [2.05, 4.69) is 10.6 Å². The van der Waals surface area contributed by atoms with Crippen LogP contribution in [0.1, 0.15) is 31.4 Å². The first-order chi connectivity index (χ1) is 9.58. The Kier molecular flexibility index (Phi) is 4.74. The van der Waals surface area contributed by atoms with Gasteiger partial charge in [-0.2, -0.15) is 0 Å². The maximum Gasteiger partial charge on any atom is 0.305 e. The number of carboxylic acid groups (broad SMARTS) is 1. The summed E-state index contributed by atoms with van der Waals surface area (Å²) in [6, 6.07) is 8.89. The van der Waals surface area contributed by atoms with Gasteiger partial charge in [-0.25, -0.2) is 0 Å². The highest BCUT2D eigenvalue weighted by Gasteiger charge is 2.31. The highest BCUT2D eigenvalue weighted by atomic mass is 16.4. The highest BCUT2D eigenvalue weighted by Crippen LogP contribution is 2.20. The van der Waals surface area contributed by atoms with Crippen LogP contribution in [0.4, 0.5) is 0 Å². The molecule has 0 saturated carbocycles. The summed E-state index contributed by atoms with van der Waals surface area (Å²) in [5.74, 6) is -1.08. The van der Waals surface area contributed by atoms with E-state index in [1.165, 1.54) is 0 Å². The Morgan fingerprint density at radius 3 is 2.65 bits per heavy atom. The molecule has 1 aliphatic heterocycles. The van der Waals surface area contributed by atoms with Gasteiger partial charge in [-0.15, -0.1) is 0 Å². The van der Waals surface area contributed by atoms with Gasteiger partial charge in [0.05, 0.1) is 18.4 Å². The van der Waals surface area contributed by atoms with E-state index in [1.807, 2.05) is 37.3 Å². The predicted octanol–water partition coefficient (Wildman–Crippen LogP) is 1.32. The summed E-state index contributed by atoms with van der Waals surface area (Å²) in [5.41, 5.74) is 0.821. The van der Waals surface area contributed by atoms with Crippen molar-refractivity contribution in [3.05, 3.63) is 35.9 Å². The van der Waals surface area contributed by atoms with Crippen molar-refractivity contribution in [3.8, 4) is 0 Å². The Morgan fingerprint density at radius 1 is 1.40 bits per heavy atom. The van der Waals surface area contributed by atoms with Crippen molar-refractivity contribution in [1.82, 2.24) is 10.6 Å². The molecule has 0 aliphatic carbocycles. The van der Waals surface area contributed by atoms with Crippen LogP contribution in [0.5, 0.6) is 0 Å². The molecule has 1 heterocycles. The van der Waals surface area contributed by atoms with Crippen LogP contribution in [0.25, 0.3) is 0 Å². The van der Waals surface area contributed by atoms with Crippen molar-refractivity contribution in [2.75, 3.05) is 6.54 Å². The Bertz CT molecular complexity index is 475. The zero-order valence-electron chi connectivity index (χ0n) is 11.5. The molecule has 1 aromatic carbocycles. The monoisotopic (exact) mass is 276 g/mol. The number of hydrogen-bond donors (Lipinski definition) is 3. The molecule has 3 unspecified atom stereocenters. The second-order valence-corrected chi connectivity index (χ2v) is 5.21. The number of nitrogens with one attached hydrogen (secondary N) is 2. The molecule has 20 heavy (non-hydrogen) atoms. The topological polar surface area (TPSA) is 78.4 Å². The van der Waals surface area contributed by atoms with E-state index < -0.39 is 12.0 Å². The third kappa shape index (κ3) is 3.57. The molecular formula is C15H20N2O3. The lowest BCUT2D eigenvalue weighted by molar-refractivity contribution is -0.138. The van der Waals surface area contributed by atoms with Crippen LogP contribution >= 0.6 is 0 Å². The first-order valence-corrected chi connectivity index (χ1v) is 6.88. The molecule has 1 fully saturated rings. The number of amides is 1. The number of aliphatic carboxylic acids is 1. The summed E-state index contributed by atoms with van der Waals surface area (Å²) >= 11 is 0. The molecule has 0 radical (unpaired) electrons. The molecule has 5 heteroatoms. The summed E-state index contributed by atoms with van der Waals surface area (Å²) < 4.78 is 0. The van der Waals surface area contributed by atoms with Gasteiger partial charge in [-0.3, -0.25) is 9.59 Å². The number of hydrogen-bond acceptors (Lipinski definition) is 3. The van der Waals surface area contributed by atoms with Crippen molar-refractivity contribution >= 4 is 11.9 Å². The molecule has 0 aromatic heterocycles. The molecule has 1 amide bonds. The van der Waals surface area contributed by atoms with E-state index in [0.717, 1.165) is 18.5 Å². The number of benzene rings is 1. The fourth-order valence-corrected chi connectivity index (χ4v) is 2.61. The zero-order chi connectivity index (χ0) is 14.5. The van der Waals surface area contributed by atoms with Crippen LogP contribution in [0.15, 0.2) is 30.3 Å². The van der Waals surface area contributed by atoms with Gasteiger partial charge in [0.2, 0.25) is 5.91 Å². The molecule has 1 saturated heterocycles. The molecule has 2 rings (SSSR count). The third-order valence-corrected chi connectivity index (χ3v) is 3.76. The van der Waals surface area contributed by atoms with E-state index in [4.69, 9.17) is 5.11 Å². The Labute approximate surface area is 118 Å². The number of carbonyl (C=O) groups excluding carboxylic acids is 1. The Balaban J connectivity index is 2.08. The molecular weight excluding hydrogens is 256 g/mol. The quantitative estimate of drug-likeness (QED) is 0.758. The maximum absolute atomic E-state index is 12.3. The second kappa shape index (κ2) is 6.52. The van der Waals surface area contributed by atoms with E-state index >= 15 is 0 Å². The lowest BCUT2D eigenvalue weighted by Gasteiger charge is -2.21. The van der Waals surface area contributed by atoms with E-state index in [0.29, 0.717) is 0 Å². The van der Waals surface area contributed by atoms with E-state index in [-0.39, 0.29) is 24.3 Å². The minimum absolute atomic E-state index is 0.0717. The smallest absolute Gasteiger partial charge is 0.305 e. The van der Waals surface area contributed by atoms with Crippen LogP contribution in [-0.2, 0) is 9.59 Å². The van der Waals surface area contributed by atoms with Gasteiger partial charge < -0.3 is 15.7 Å². The van der Waals surface area contributed by atoms with Gasteiger partial charge in [-0.05, 0) is 25.5 Å². The zero-order valence-corrected chi connectivity index (χ0v) is 11.5.